The number of carbonyl (C=O) groups is 1. The predicted molar refractivity (Wildman–Crippen MR) is 97.6 cm³/mol. The molecule has 3 rings (SSSR count). The quantitative estimate of drug-likeness (QED) is 0.542. The molecule has 6 heteroatoms. The number of pyridine rings is 1. The maximum atomic E-state index is 12.8. The Hall–Kier alpha value is -2.89. The van der Waals surface area contributed by atoms with Crippen molar-refractivity contribution < 1.29 is 22.7 Å². The van der Waals surface area contributed by atoms with E-state index in [1.54, 1.807) is 12.1 Å². The van der Waals surface area contributed by atoms with Crippen LogP contribution >= 0.6 is 0 Å². The number of hydrogen-bond donors (Lipinski definition) is 0. The zero-order chi connectivity index (χ0) is 19.8. The second-order valence-corrected chi connectivity index (χ2v) is 6.55. The Bertz CT molecular complexity index is 993. The van der Waals surface area contributed by atoms with E-state index >= 15 is 0 Å². The Kier molecular flexibility index (Phi) is 4.91. The van der Waals surface area contributed by atoms with E-state index in [4.69, 9.17) is 4.74 Å². The summed E-state index contributed by atoms with van der Waals surface area (Å²) in [6.45, 7) is 4.05. The van der Waals surface area contributed by atoms with Crippen molar-refractivity contribution in [1.29, 1.82) is 0 Å². The number of carbonyl (C=O) groups excluding carboxylic acids is 1. The van der Waals surface area contributed by atoms with Crippen molar-refractivity contribution in [2.45, 2.75) is 25.9 Å². The molecule has 0 atom stereocenters. The van der Waals surface area contributed by atoms with Gasteiger partial charge < -0.3 is 4.74 Å². The zero-order valence-electron chi connectivity index (χ0n) is 15.1. The average Bonchev–Trinajstić information content (AvgIpc) is 2.65. The van der Waals surface area contributed by atoms with Crippen LogP contribution in [0.25, 0.3) is 22.2 Å². The minimum atomic E-state index is -4.38. The van der Waals surface area contributed by atoms with Crippen molar-refractivity contribution in [2.24, 2.45) is 0 Å². The van der Waals surface area contributed by atoms with Crippen molar-refractivity contribution in [3.63, 3.8) is 0 Å². The molecular formula is C21H18F3NO2. The molecule has 3 aromatic rings. The molecule has 140 valence electrons. The summed E-state index contributed by atoms with van der Waals surface area (Å²) in [5, 5.41) is 0.897. The van der Waals surface area contributed by atoms with Gasteiger partial charge in [-0.15, -0.1) is 0 Å². The van der Waals surface area contributed by atoms with Crippen LogP contribution in [-0.2, 0) is 10.9 Å². The zero-order valence-corrected chi connectivity index (χ0v) is 15.1. The van der Waals surface area contributed by atoms with Crippen molar-refractivity contribution in [1.82, 2.24) is 4.98 Å². The van der Waals surface area contributed by atoms with E-state index < -0.39 is 17.7 Å². The molecule has 0 saturated heterocycles. The van der Waals surface area contributed by atoms with Crippen molar-refractivity contribution in [3.05, 3.63) is 65.2 Å². The molecule has 0 radical (unpaired) electrons. The lowest BCUT2D eigenvalue weighted by Crippen LogP contribution is -2.04. The van der Waals surface area contributed by atoms with Crippen LogP contribution in [-0.4, -0.2) is 18.1 Å². The summed E-state index contributed by atoms with van der Waals surface area (Å²) in [5.74, 6) is -0.294. The van der Waals surface area contributed by atoms with Gasteiger partial charge in [-0.05, 0) is 41.8 Å². The summed E-state index contributed by atoms with van der Waals surface area (Å²) >= 11 is 0. The summed E-state index contributed by atoms with van der Waals surface area (Å²) in [6, 6.07) is 11.9. The minimum Gasteiger partial charge on any atom is -0.465 e. The Morgan fingerprint density at radius 3 is 2.26 bits per heavy atom. The normalized spacial score (nSPS) is 11.8. The highest BCUT2D eigenvalue weighted by Gasteiger charge is 2.30. The minimum absolute atomic E-state index is 0.174. The average molecular weight is 373 g/mol. The molecule has 0 unspecified atom stereocenters. The molecular weight excluding hydrogens is 355 g/mol. The summed E-state index contributed by atoms with van der Waals surface area (Å²) in [5.41, 5.74) is 2.41. The lowest BCUT2D eigenvalue weighted by atomic mass is 9.95. The number of aromatic nitrogens is 1. The second-order valence-electron chi connectivity index (χ2n) is 6.55. The molecule has 0 N–H and O–H groups in total. The Labute approximate surface area is 154 Å². The molecule has 0 amide bonds. The third-order valence-electron chi connectivity index (χ3n) is 4.39. The fourth-order valence-electron chi connectivity index (χ4n) is 2.96. The molecule has 0 saturated carbocycles. The van der Waals surface area contributed by atoms with Crippen molar-refractivity contribution in [2.75, 3.05) is 7.11 Å². The smallest absolute Gasteiger partial charge is 0.416 e. The Morgan fingerprint density at radius 2 is 1.70 bits per heavy atom. The van der Waals surface area contributed by atoms with Gasteiger partial charge in [-0.25, -0.2) is 9.78 Å². The molecule has 0 aliphatic rings. The number of methoxy groups -OCH3 is 1. The van der Waals surface area contributed by atoms with Crippen LogP contribution in [0.5, 0.6) is 0 Å². The van der Waals surface area contributed by atoms with Crippen LogP contribution < -0.4 is 0 Å². The predicted octanol–water partition coefficient (Wildman–Crippen LogP) is 5.83. The fourth-order valence-corrected chi connectivity index (χ4v) is 2.96. The van der Waals surface area contributed by atoms with Crippen LogP contribution in [0, 0.1) is 0 Å². The highest BCUT2D eigenvalue weighted by Crippen LogP contribution is 2.33. The molecule has 1 aromatic heterocycles. The van der Waals surface area contributed by atoms with E-state index in [9.17, 15) is 18.0 Å². The molecule has 0 aliphatic carbocycles. The molecule has 0 fully saturated rings. The number of fused-ring (bicyclic) bond motifs is 1. The van der Waals surface area contributed by atoms with Gasteiger partial charge in [-0.3, -0.25) is 0 Å². The molecule has 2 aromatic carbocycles. The van der Waals surface area contributed by atoms with Gasteiger partial charge in [-0.2, -0.15) is 13.2 Å². The third-order valence-corrected chi connectivity index (χ3v) is 4.39. The third kappa shape index (κ3) is 3.79. The monoisotopic (exact) mass is 373 g/mol. The van der Waals surface area contributed by atoms with Crippen LogP contribution in [0.3, 0.4) is 0 Å². The SMILES string of the molecule is COC(=O)c1ccc2c(C(C)C)cc(-c3ccc(C(F)(F)F)cc3)nc2c1. The summed E-state index contributed by atoms with van der Waals surface area (Å²) < 4.78 is 43.1. The lowest BCUT2D eigenvalue weighted by molar-refractivity contribution is -0.137. The van der Waals surface area contributed by atoms with Gasteiger partial charge in [0.2, 0.25) is 0 Å². The van der Waals surface area contributed by atoms with E-state index in [0.29, 0.717) is 22.3 Å². The first-order chi connectivity index (χ1) is 12.7. The Morgan fingerprint density at radius 1 is 1.04 bits per heavy atom. The summed E-state index contributed by atoms with van der Waals surface area (Å²) in [7, 11) is 1.30. The van der Waals surface area contributed by atoms with E-state index in [0.717, 1.165) is 23.1 Å². The highest BCUT2D eigenvalue weighted by molar-refractivity contribution is 5.95. The molecule has 27 heavy (non-hydrogen) atoms. The van der Waals surface area contributed by atoms with Gasteiger partial charge in [0.1, 0.15) is 0 Å². The number of nitrogens with zero attached hydrogens (tertiary/aromatic N) is 1. The van der Waals surface area contributed by atoms with Crippen LogP contribution in [0.15, 0.2) is 48.5 Å². The maximum absolute atomic E-state index is 12.8. The van der Waals surface area contributed by atoms with Crippen LogP contribution in [0.2, 0.25) is 0 Å². The van der Waals surface area contributed by atoms with Crippen molar-refractivity contribution in [3.8, 4) is 11.3 Å². The topological polar surface area (TPSA) is 39.2 Å². The van der Waals surface area contributed by atoms with Gasteiger partial charge in [-0.1, -0.05) is 32.0 Å². The first-order valence-electron chi connectivity index (χ1n) is 8.41. The van der Waals surface area contributed by atoms with E-state index in [1.807, 2.05) is 26.0 Å². The summed E-state index contributed by atoms with van der Waals surface area (Å²) in [4.78, 5) is 16.4. The number of halogens is 3. The fraction of sp³-hybridized carbons (Fsp3) is 0.238. The number of ether oxygens (including phenoxy) is 1. The van der Waals surface area contributed by atoms with Gasteiger partial charge in [0.05, 0.1) is 29.4 Å². The molecule has 0 spiro atoms. The highest BCUT2D eigenvalue weighted by atomic mass is 19.4. The van der Waals surface area contributed by atoms with Crippen molar-refractivity contribution >= 4 is 16.9 Å². The first kappa shape index (κ1) is 18.9. The number of rotatable bonds is 3. The number of esters is 1. The van der Waals surface area contributed by atoms with Gasteiger partial charge >= 0.3 is 12.1 Å². The van der Waals surface area contributed by atoms with Gasteiger partial charge in [0.15, 0.2) is 0 Å². The number of hydrogen-bond acceptors (Lipinski definition) is 3. The maximum Gasteiger partial charge on any atom is 0.416 e. The van der Waals surface area contributed by atoms with Gasteiger partial charge in [0.25, 0.3) is 0 Å². The number of alkyl halides is 3. The second kappa shape index (κ2) is 7.02. The summed E-state index contributed by atoms with van der Waals surface area (Å²) in [6.07, 6.45) is -4.38. The van der Waals surface area contributed by atoms with Crippen LogP contribution in [0.4, 0.5) is 13.2 Å². The number of benzene rings is 2. The Balaban J connectivity index is 2.16. The first-order valence-corrected chi connectivity index (χ1v) is 8.41. The van der Waals surface area contributed by atoms with Gasteiger partial charge in [0, 0.05) is 10.9 Å². The van der Waals surface area contributed by atoms with E-state index in [2.05, 4.69) is 4.98 Å². The van der Waals surface area contributed by atoms with E-state index in [-0.39, 0.29) is 5.92 Å². The largest absolute Gasteiger partial charge is 0.465 e. The standard InChI is InChI=1S/C21H18F3NO2/c1-12(2)17-11-18(13-4-7-15(8-5-13)21(22,23)24)25-19-10-14(20(26)27-3)6-9-16(17)19/h4-12H,1-3H3. The van der Waals surface area contributed by atoms with Crippen LogP contribution in [0.1, 0.15) is 41.3 Å². The molecule has 0 bridgehead atoms. The van der Waals surface area contributed by atoms with E-state index in [1.165, 1.54) is 19.2 Å². The lowest BCUT2D eigenvalue weighted by Gasteiger charge is -2.14. The molecule has 0 aliphatic heterocycles. The molecule has 1 heterocycles. The molecule has 3 nitrogen and oxygen atoms in total.